The fourth-order valence-corrected chi connectivity index (χ4v) is 3.20. The maximum absolute atomic E-state index is 11.7. The van der Waals surface area contributed by atoms with Crippen LogP contribution in [-0.4, -0.2) is 51.3 Å². The fourth-order valence-electron chi connectivity index (χ4n) is 0.996. The number of methoxy groups -OCH3 is 1. The third-order valence-corrected chi connectivity index (χ3v) is 4.89. The molecule has 1 aromatic heterocycles. The van der Waals surface area contributed by atoms with Gasteiger partial charge in [0.1, 0.15) is 10.3 Å². The minimum Gasteiger partial charge on any atom is -0.475 e. The molecule has 0 unspecified atom stereocenters. The van der Waals surface area contributed by atoms with Crippen LogP contribution in [0.1, 0.15) is 0 Å². The Hall–Kier alpha value is -1.70. The summed E-state index contributed by atoms with van der Waals surface area (Å²) in [5, 5.41) is 8.75. The van der Waals surface area contributed by atoms with Gasteiger partial charge in [0, 0.05) is 6.54 Å². The van der Waals surface area contributed by atoms with Gasteiger partial charge in [-0.05, 0) is 11.4 Å². The van der Waals surface area contributed by atoms with E-state index in [1.54, 1.807) is 11.4 Å². The number of carbonyl (C=O) groups is 2. The van der Waals surface area contributed by atoms with Gasteiger partial charge in [-0.1, -0.05) is 6.07 Å². The number of ether oxygens (including phenoxy) is 1. The third-order valence-electron chi connectivity index (χ3n) is 2.02. The summed E-state index contributed by atoms with van der Waals surface area (Å²) < 4.78 is 61.9. The lowest BCUT2D eigenvalue weighted by Crippen LogP contribution is -2.46. The van der Waals surface area contributed by atoms with Crippen LogP contribution in [0.4, 0.5) is 13.2 Å². The maximum Gasteiger partial charge on any atom is 0.490 e. The topological polar surface area (TPSA) is 136 Å². The number of sulfonamides is 1. The minimum absolute atomic E-state index is 0.134. The molecule has 0 aliphatic heterocycles. The Morgan fingerprint density at radius 1 is 1.48 bits per heavy atom. The molecule has 8 nitrogen and oxygen atoms in total. The van der Waals surface area contributed by atoms with Crippen LogP contribution in [0, 0.1) is 0 Å². The van der Waals surface area contributed by atoms with Crippen molar-refractivity contribution in [2.75, 3.05) is 13.7 Å². The van der Waals surface area contributed by atoms with Crippen molar-refractivity contribution < 1.29 is 41.0 Å². The number of hydrogen-bond donors (Lipinski definition) is 3. The van der Waals surface area contributed by atoms with Gasteiger partial charge < -0.3 is 15.6 Å². The largest absolute Gasteiger partial charge is 0.490 e. The highest BCUT2D eigenvalue weighted by Crippen LogP contribution is 2.15. The van der Waals surface area contributed by atoms with Crippen molar-refractivity contribution in [3.8, 4) is 0 Å². The van der Waals surface area contributed by atoms with E-state index in [4.69, 9.17) is 15.6 Å². The number of carboxylic acid groups (broad SMARTS) is 1. The summed E-state index contributed by atoms with van der Waals surface area (Å²) in [5.74, 6) is -3.46. The lowest BCUT2D eigenvalue weighted by atomic mass is 10.3. The van der Waals surface area contributed by atoms with E-state index < -0.39 is 34.2 Å². The maximum atomic E-state index is 11.7. The minimum atomic E-state index is -5.08. The number of alkyl halides is 3. The molecule has 0 aromatic carbocycles. The summed E-state index contributed by atoms with van der Waals surface area (Å²) in [6, 6.07) is 1.99. The first-order valence-corrected chi connectivity index (χ1v) is 7.95. The highest BCUT2D eigenvalue weighted by Gasteiger charge is 2.38. The molecule has 0 aliphatic carbocycles. The zero-order valence-corrected chi connectivity index (χ0v) is 13.2. The van der Waals surface area contributed by atoms with E-state index >= 15 is 0 Å². The Balaban J connectivity index is 0.000000585. The second-order valence-corrected chi connectivity index (χ2v) is 6.56. The number of nitrogens with one attached hydrogen (secondary N) is 1. The first-order chi connectivity index (χ1) is 10.5. The molecule has 4 N–H and O–H groups in total. The zero-order chi connectivity index (χ0) is 18.3. The van der Waals surface area contributed by atoms with Gasteiger partial charge in [-0.25, -0.2) is 13.2 Å². The normalized spacial score (nSPS) is 12.7. The number of thiophene rings is 1. The van der Waals surface area contributed by atoms with Crippen molar-refractivity contribution >= 4 is 33.3 Å². The molecule has 0 saturated carbocycles. The number of esters is 1. The van der Waals surface area contributed by atoms with Gasteiger partial charge in [0.25, 0.3) is 10.0 Å². The molecule has 0 radical (unpaired) electrons. The van der Waals surface area contributed by atoms with Gasteiger partial charge in [0.15, 0.2) is 0 Å². The van der Waals surface area contributed by atoms with E-state index in [0.717, 1.165) is 11.3 Å². The summed E-state index contributed by atoms with van der Waals surface area (Å²) in [6.45, 7) is -0.155. The molecule has 1 heterocycles. The molecule has 1 aromatic rings. The lowest BCUT2D eigenvalue weighted by molar-refractivity contribution is -0.192. The van der Waals surface area contributed by atoms with E-state index in [-0.39, 0.29) is 10.8 Å². The summed E-state index contributed by atoms with van der Waals surface area (Å²) in [7, 11) is -2.52. The van der Waals surface area contributed by atoms with Crippen molar-refractivity contribution in [3.63, 3.8) is 0 Å². The number of carbonyl (C=O) groups excluding carboxylic acids is 1. The molecule has 132 valence electrons. The molecule has 0 aliphatic rings. The Bertz CT molecular complexity index is 615. The first kappa shape index (κ1) is 21.3. The predicted octanol–water partition coefficient (Wildman–Crippen LogP) is 0.160. The number of hydrogen-bond acceptors (Lipinski definition) is 7. The highest BCUT2D eigenvalue weighted by molar-refractivity contribution is 7.91. The van der Waals surface area contributed by atoms with Crippen LogP contribution in [0.15, 0.2) is 21.7 Å². The van der Waals surface area contributed by atoms with E-state index in [1.807, 2.05) is 0 Å². The van der Waals surface area contributed by atoms with E-state index in [2.05, 4.69) is 9.46 Å². The van der Waals surface area contributed by atoms with Crippen LogP contribution >= 0.6 is 11.3 Å². The van der Waals surface area contributed by atoms with Gasteiger partial charge in [-0.2, -0.15) is 17.9 Å². The van der Waals surface area contributed by atoms with Crippen molar-refractivity contribution in [1.82, 2.24) is 4.72 Å². The van der Waals surface area contributed by atoms with Gasteiger partial charge in [-0.3, -0.25) is 4.79 Å². The molecule has 0 bridgehead atoms. The van der Waals surface area contributed by atoms with Crippen LogP contribution in [0.5, 0.6) is 0 Å². The van der Waals surface area contributed by atoms with E-state index in [1.165, 1.54) is 13.2 Å². The molecule has 23 heavy (non-hydrogen) atoms. The quantitative estimate of drug-likeness (QED) is 0.621. The van der Waals surface area contributed by atoms with E-state index in [9.17, 15) is 26.4 Å². The van der Waals surface area contributed by atoms with Gasteiger partial charge in [0.2, 0.25) is 0 Å². The Morgan fingerprint density at radius 2 is 2.00 bits per heavy atom. The van der Waals surface area contributed by atoms with Gasteiger partial charge in [0.05, 0.1) is 7.11 Å². The molecular weight excluding hydrogens is 365 g/mol. The van der Waals surface area contributed by atoms with Crippen LogP contribution < -0.4 is 10.5 Å². The summed E-state index contributed by atoms with van der Waals surface area (Å²) in [5.41, 5.74) is 5.29. The molecule has 1 atom stereocenters. The highest BCUT2D eigenvalue weighted by atomic mass is 32.2. The molecule has 0 fully saturated rings. The van der Waals surface area contributed by atoms with Crippen molar-refractivity contribution in [1.29, 1.82) is 0 Å². The molecule has 13 heteroatoms. The summed E-state index contributed by atoms with van der Waals surface area (Å²) >= 11 is 1.06. The monoisotopic (exact) mass is 378 g/mol. The van der Waals surface area contributed by atoms with Crippen LogP contribution in [0.3, 0.4) is 0 Å². The third kappa shape index (κ3) is 7.40. The first-order valence-electron chi connectivity index (χ1n) is 5.59. The van der Waals surface area contributed by atoms with Crippen molar-refractivity contribution in [2.24, 2.45) is 5.73 Å². The smallest absolute Gasteiger partial charge is 0.475 e. The molecule has 0 spiro atoms. The second kappa shape index (κ2) is 8.81. The molecule has 1 rings (SSSR count). The predicted molar refractivity (Wildman–Crippen MR) is 73.2 cm³/mol. The SMILES string of the molecule is COC(=O)[C@H](CN)NS(=O)(=O)c1cccs1.O=C(O)C(F)(F)F. The number of aliphatic carboxylic acids is 1. The van der Waals surface area contributed by atoms with Gasteiger partial charge in [-0.15, -0.1) is 11.3 Å². The van der Waals surface area contributed by atoms with Crippen molar-refractivity contribution in [2.45, 2.75) is 16.4 Å². The van der Waals surface area contributed by atoms with Gasteiger partial charge >= 0.3 is 18.1 Å². The Labute approximate surface area is 133 Å². The van der Waals surface area contributed by atoms with Crippen LogP contribution in [0.25, 0.3) is 0 Å². The molecule has 0 saturated heterocycles. The lowest BCUT2D eigenvalue weighted by Gasteiger charge is -2.13. The average Bonchev–Trinajstić information content (AvgIpc) is 2.98. The van der Waals surface area contributed by atoms with Crippen LogP contribution in [-0.2, 0) is 24.3 Å². The Kier molecular flexibility index (Phi) is 8.16. The molecular formula is C10H13F3N2O6S2. The standard InChI is InChI=1S/C8H12N2O4S2.C2HF3O2/c1-14-8(11)6(5-9)10-16(12,13)7-3-2-4-15-7;3-2(4,5)1(6)7/h2-4,6,10H,5,9H2,1H3;(H,6,7)/t6-;/m0./s1. The summed E-state index contributed by atoms with van der Waals surface area (Å²) in [4.78, 5) is 20.1. The second-order valence-electron chi connectivity index (χ2n) is 3.67. The van der Waals surface area contributed by atoms with E-state index in [0.29, 0.717) is 0 Å². The fraction of sp³-hybridized carbons (Fsp3) is 0.400. The van der Waals surface area contributed by atoms with Crippen LogP contribution in [0.2, 0.25) is 0 Å². The number of nitrogens with two attached hydrogens (primary N) is 1. The Morgan fingerprint density at radius 3 is 2.30 bits per heavy atom. The zero-order valence-electron chi connectivity index (χ0n) is 11.5. The molecule has 0 amide bonds. The average molecular weight is 378 g/mol. The number of halogens is 3. The number of carboxylic acids is 1. The van der Waals surface area contributed by atoms with Crippen molar-refractivity contribution in [3.05, 3.63) is 17.5 Å². The number of rotatable bonds is 5. The summed E-state index contributed by atoms with van der Waals surface area (Å²) in [6.07, 6.45) is -5.08.